The Morgan fingerprint density at radius 2 is 2.31 bits per heavy atom. The molecular weight excluding hydrogens is 224 g/mol. The van der Waals surface area contributed by atoms with Crippen LogP contribution in [0.1, 0.15) is 22.5 Å². The van der Waals surface area contributed by atoms with E-state index in [9.17, 15) is 4.79 Å². The molecule has 1 amide bonds. The first-order chi connectivity index (χ1) is 7.81. The lowest BCUT2D eigenvalue weighted by molar-refractivity contribution is 0.0529. The molecule has 1 aliphatic heterocycles. The fraction of sp³-hybridized carbons (Fsp3) is 0.545. The molecule has 0 saturated carbocycles. The zero-order chi connectivity index (χ0) is 11.4. The Labute approximate surface area is 98.9 Å². The number of hydrogen-bond donors (Lipinski definition) is 1. The van der Waals surface area contributed by atoms with E-state index in [0.717, 1.165) is 30.8 Å². The van der Waals surface area contributed by atoms with Crippen LogP contribution >= 0.6 is 11.3 Å². The molecule has 2 N–H and O–H groups in total. The SMILES string of the molecule is NOCC1CCN(C(=O)c2cccs2)CC1. The van der Waals surface area contributed by atoms with Gasteiger partial charge in [-0.3, -0.25) is 4.79 Å². The minimum Gasteiger partial charge on any atom is -0.338 e. The molecule has 5 heteroatoms. The second-order valence-electron chi connectivity index (χ2n) is 4.05. The summed E-state index contributed by atoms with van der Waals surface area (Å²) in [5.41, 5.74) is 0. The number of amides is 1. The first kappa shape index (κ1) is 11.6. The van der Waals surface area contributed by atoms with Gasteiger partial charge in [0.15, 0.2) is 0 Å². The van der Waals surface area contributed by atoms with E-state index in [4.69, 9.17) is 5.90 Å². The van der Waals surface area contributed by atoms with Gasteiger partial charge in [0.1, 0.15) is 0 Å². The lowest BCUT2D eigenvalue weighted by Crippen LogP contribution is -2.39. The van der Waals surface area contributed by atoms with E-state index < -0.39 is 0 Å². The van der Waals surface area contributed by atoms with Crippen molar-refractivity contribution in [3.8, 4) is 0 Å². The van der Waals surface area contributed by atoms with Gasteiger partial charge >= 0.3 is 0 Å². The van der Waals surface area contributed by atoms with Crippen molar-refractivity contribution in [3.63, 3.8) is 0 Å². The largest absolute Gasteiger partial charge is 0.338 e. The molecule has 1 aromatic rings. The van der Waals surface area contributed by atoms with Crippen molar-refractivity contribution in [2.24, 2.45) is 11.8 Å². The van der Waals surface area contributed by atoms with Gasteiger partial charge in [-0.2, -0.15) is 0 Å². The van der Waals surface area contributed by atoms with Crippen molar-refractivity contribution in [1.82, 2.24) is 4.90 Å². The summed E-state index contributed by atoms with van der Waals surface area (Å²) in [6.07, 6.45) is 1.96. The first-order valence-corrected chi connectivity index (χ1v) is 6.33. The van der Waals surface area contributed by atoms with Crippen LogP contribution in [0.3, 0.4) is 0 Å². The number of hydrogen-bond acceptors (Lipinski definition) is 4. The van der Waals surface area contributed by atoms with E-state index in [1.54, 1.807) is 0 Å². The summed E-state index contributed by atoms with van der Waals surface area (Å²) in [7, 11) is 0. The molecule has 4 nitrogen and oxygen atoms in total. The number of nitrogens with two attached hydrogens (primary N) is 1. The third-order valence-electron chi connectivity index (χ3n) is 2.97. The second kappa shape index (κ2) is 5.43. The lowest BCUT2D eigenvalue weighted by Gasteiger charge is -2.31. The Morgan fingerprint density at radius 3 is 2.88 bits per heavy atom. The van der Waals surface area contributed by atoms with Gasteiger partial charge in [0.05, 0.1) is 11.5 Å². The molecule has 1 aromatic heterocycles. The standard InChI is InChI=1S/C11H16N2O2S/c12-15-8-9-3-5-13(6-4-9)11(14)10-2-1-7-16-10/h1-2,7,9H,3-6,8,12H2. The summed E-state index contributed by atoms with van der Waals surface area (Å²) in [6.45, 7) is 2.22. The van der Waals surface area contributed by atoms with Gasteiger partial charge in [-0.1, -0.05) is 6.07 Å². The Kier molecular flexibility index (Phi) is 3.93. The van der Waals surface area contributed by atoms with Gasteiger partial charge in [0.25, 0.3) is 5.91 Å². The second-order valence-corrected chi connectivity index (χ2v) is 4.99. The van der Waals surface area contributed by atoms with Crippen molar-refractivity contribution >= 4 is 17.2 Å². The highest BCUT2D eigenvalue weighted by Crippen LogP contribution is 2.20. The average Bonchev–Trinajstić information content (AvgIpc) is 2.83. The maximum Gasteiger partial charge on any atom is 0.263 e. The van der Waals surface area contributed by atoms with Gasteiger partial charge in [0.2, 0.25) is 0 Å². The van der Waals surface area contributed by atoms with E-state index in [-0.39, 0.29) is 5.91 Å². The molecule has 88 valence electrons. The average molecular weight is 240 g/mol. The molecule has 1 saturated heterocycles. The molecule has 0 aliphatic carbocycles. The van der Waals surface area contributed by atoms with Crippen LogP contribution < -0.4 is 5.90 Å². The van der Waals surface area contributed by atoms with Crippen LogP contribution in [0, 0.1) is 5.92 Å². The molecule has 0 unspecified atom stereocenters. The summed E-state index contributed by atoms with van der Waals surface area (Å²) in [4.78, 5) is 19.4. The normalized spacial score (nSPS) is 17.7. The smallest absolute Gasteiger partial charge is 0.263 e. The highest BCUT2D eigenvalue weighted by Gasteiger charge is 2.23. The zero-order valence-electron chi connectivity index (χ0n) is 9.09. The minimum absolute atomic E-state index is 0.155. The summed E-state index contributed by atoms with van der Waals surface area (Å²) in [6, 6.07) is 3.79. The molecule has 2 heterocycles. The quantitative estimate of drug-likeness (QED) is 0.814. The fourth-order valence-electron chi connectivity index (χ4n) is 1.99. The van der Waals surface area contributed by atoms with Crippen molar-refractivity contribution in [3.05, 3.63) is 22.4 Å². The van der Waals surface area contributed by atoms with E-state index in [1.165, 1.54) is 11.3 Å². The Balaban J connectivity index is 1.87. The molecule has 1 fully saturated rings. The summed E-state index contributed by atoms with van der Waals surface area (Å²) in [5, 5.41) is 1.93. The van der Waals surface area contributed by atoms with Gasteiger partial charge in [-0.05, 0) is 30.2 Å². The molecule has 1 aliphatic rings. The predicted molar refractivity (Wildman–Crippen MR) is 63.1 cm³/mol. The fourth-order valence-corrected chi connectivity index (χ4v) is 2.69. The molecule has 0 spiro atoms. The van der Waals surface area contributed by atoms with Crippen LogP contribution in [0.15, 0.2) is 17.5 Å². The molecule has 0 aromatic carbocycles. The van der Waals surface area contributed by atoms with Crippen molar-refractivity contribution in [2.75, 3.05) is 19.7 Å². The molecule has 0 radical (unpaired) electrons. The summed E-state index contributed by atoms with van der Waals surface area (Å²) < 4.78 is 0. The zero-order valence-corrected chi connectivity index (χ0v) is 9.91. The Hall–Kier alpha value is -0.910. The highest BCUT2D eigenvalue weighted by atomic mass is 32.1. The number of likely N-dealkylation sites (tertiary alicyclic amines) is 1. The molecule has 2 rings (SSSR count). The number of piperidine rings is 1. The molecule has 16 heavy (non-hydrogen) atoms. The maximum absolute atomic E-state index is 12.0. The number of carbonyl (C=O) groups is 1. The van der Waals surface area contributed by atoms with Crippen LogP contribution in [0.25, 0.3) is 0 Å². The molecule has 0 atom stereocenters. The minimum atomic E-state index is 0.155. The van der Waals surface area contributed by atoms with Crippen LogP contribution in [0.5, 0.6) is 0 Å². The summed E-state index contributed by atoms with van der Waals surface area (Å²) in [5.74, 6) is 5.70. The summed E-state index contributed by atoms with van der Waals surface area (Å²) >= 11 is 1.50. The number of carbonyl (C=O) groups excluding carboxylic acids is 1. The number of nitrogens with zero attached hydrogens (tertiary/aromatic N) is 1. The monoisotopic (exact) mass is 240 g/mol. The van der Waals surface area contributed by atoms with E-state index in [0.29, 0.717) is 12.5 Å². The van der Waals surface area contributed by atoms with Crippen molar-refractivity contribution < 1.29 is 9.63 Å². The molecular formula is C11H16N2O2S. The number of rotatable bonds is 3. The van der Waals surface area contributed by atoms with Crippen LogP contribution in [-0.4, -0.2) is 30.5 Å². The molecule has 0 bridgehead atoms. The Bertz CT molecular complexity index is 332. The first-order valence-electron chi connectivity index (χ1n) is 5.45. The third-order valence-corrected chi connectivity index (χ3v) is 3.82. The maximum atomic E-state index is 12.0. The van der Waals surface area contributed by atoms with Crippen LogP contribution in [0.4, 0.5) is 0 Å². The van der Waals surface area contributed by atoms with Gasteiger partial charge < -0.3 is 9.74 Å². The van der Waals surface area contributed by atoms with Crippen molar-refractivity contribution in [2.45, 2.75) is 12.8 Å². The third kappa shape index (κ3) is 2.61. The van der Waals surface area contributed by atoms with E-state index in [2.05, 4.69) is 4.84 Å². The topological polar surface area (TPSA) is 55.6 Å². The van der Waals surface area contributed by atoms with Gasteiger partial charge in [-0.15, -0.1) is 11.3 Å². The van der Waals surface area contributed by atoms with Gasteiger partial charge in [-0.25, -0.2) is 5.90 Å². The van der Waals surface area contributed by atoms with Crippen molar-refractivity contribution in [1.29, 1.82) is 0 Å². The van der Waals surface area contributed by atoms with E-state index >= 15 is 0 Å². The Morgan fingerprint density at radius 1 is 1.56 bits per heavy atom. The van der Waals surface area contributed by atoms with Crippen LogP contribution in [0.2, 0.25) is 0 Å². The van der Waals surface area contributed by atoms with Crippen LogP contribution in [-0.2, 0) is 4.84 Å². The predicted octanol–water partition coefficient (Wildman–Crippen LogP) is 1.49. The van der Waals surface area contributed by atoms with Gasteiger partial charge in [0, 0.05) is 13.1 Å². The highest BCUT2D eigenvalue weighted by molar-refractivity contribution is 7.12. The lowest BCUT2D eigenvalue weighted by atomic mass is 9.98. The van der Waals surface area contributed by atoms with E-state index in [1.807, 2.05) is 22.4 Å². The number of thiophene rings is 1.